The van der Waals surface area contributed by atoms with Crippen molar-refractivity contribution in [3.8, 4) is 0 Å². The second kappa shape index (κ2) is 10.6. The summed E-state index contributed by atoms with van der Waals surface area (Å²) in [6, 6.07) is 1.67. The zero-order chi connectivity index (χ0) is 24.1. The lowest BCUT2D eigenvalue weighted by molar-refractivity contribution is -0.146. The highest BCUT2D eigenvalue weighted by Crippen LogP contribution is 2.40. The molecule has 32 heavy (non-hydrogen) atoms. The summed E-state index contributed by atoms with van der Waals surface area (Å²) in [5.74, 6) is -1.15. The zero-order valence-electron chi connectivity index (χ0n) is 20.5. The first-order chi connectivity index (χ1) is 15.0. The van der Waals surface area contributed by atoms with Gasteiger partial charge in [0.25, 0.3) is 11.5 Å². The van der Waals surface area contributed by atoms with Crippen LogP contribution in [0.2, 0.25) is 0 Å². The molecule has 1 heterocycles. The number of carboxylic acids is 1. The number of amides is 1. The van der Waals surface area contributed by atoms with Crippen molar-refractivity contribution >= 4 is 11.9 Å². The Balaban J connectivity index is 2.45. The third-order valence-corrected chi connectivity index (χ3v) is 6.81. The molecule has 0 saturated heterocycles. The van der Waals surface area contributed by atoms with Gasteiger partial charge < -0.3 is 19.7 Å². The Morgan fingerprint density at radius 1 is 1.22 bits per heavy atom. The van der Waals surface area contributed by atoms with Gasteiger partial charge in [0.05, 0.1) is 6.61 Å². The Kier molecular flexibility index (Phi) is 8.68. The number of methoxy groups -OCH3 is 1. The minimum absolute atomic E-state index is 0.0108. The largest absolute Gasteiger partial charge is 0.480 e. The van der Waals surface area contributed by atoms with Gasteiger partial charge in [-0.15, -0.1) is 0 Å². The van der Waals surface area contributed by atoms with Gasteiger partial charge in [0, 0.05) is 19.3 Å². The number of hydrogen-bond donors (Lipinski definition) is 2. The molecule has 2 N–H and O–H groups in total. The lowest BCUT2D eigenvalue weighted by Crippen LogP contribution is -2.57. The first-order valence-corrected chi connectivity index (χ1v) is 11.8. The molecule has 1 amide bonds. The van der Waals surface area contributed by atoms with Crippen molar-refractivity contribution in [2.24, 2.45) is 11.3 Å². The van der Waals surface area contributed by atoms with Crippen LogP contribution in [0.3, 0.4) is 0 Å². The molecule has 0 aromatic carbocycles. The van der Waals surface area contributed by atoms with E-state index < -0.39 is 17.4 Å². The topological polar surface area (TPSA) is 97.6 Å². The molecule has 1 saturated carbocycles. The number of carbonyl (C=O) groups excluding carboxylic acids is 1. The fourth-order valence-corrected chi connectivity index (χ4v) is 4.40. The molecule has 0 bridgehead atoms. The Morgan fingerprint density at radius 3 is 2.34 bits per heavy atom. The van der Waals surface area contributed by atoms with Gasteiger partial charge >= 0.3 is 5.97 Å². The Labute approximate surface area is 191 Å². The quantitative estimate of drug-likeness (QED) is 0.567. The van der Waals surface area contributed by atoms with Crippen molar-refractivity contribution in [1.82, 2.24) is 9.88 Å². The van der Waals surface area contributed by atoms with E-state index in [2.05, 4.69) is 33.0 Å². The van der Waals surface area contributed by atoms with Crippen molar-refractivity contribution in [2.45, 2.75) is 91.6 Å². The molecule has 0 aliphatic heterocycles. The van der Waals surface area contributed by atoms with Crippen LogP contribution in [0.4, 0.5) is 0 Å². The van der Waals surface area contributed by atoms with Crippen molar-refractivity contribution in [2.75, 3.05) is 13.7 Å². The lowest BCUT2D eigenvalue weighted by Gasteiger charge is -2.41. The number of rotatable bonds is 10. The maximum absolute atomic E-state index is 13.4. The Morgan fingerprint density at radius 2 is 1.84 bits per heavy atom. The summed E-state index contributed by atoms with van der Waals surface area (Å²) >= 11 is 0. The summed E-state index contributed by atoms with van der Waals surface area (Å²) in [6.45, 7) is 11.2. The average molecular weight is 449 g/mol. The van der Waals surface area contributed by atoms with Crippen LogP contribution in [0, 0.1) is 11.3 Å². The van der Waals surface area contributed by atoms with E-state index in [0.717, 1.165) is 24.1 Å². The number of aliphatic carboxylic acids is 1. The van der Waals surface area contributed by atoms with E-state index in [1.807, 2.05) is 6.92 Å². The maximum atomic E-state index is 13.4. The van der Waals surface area contributed by atoms with Crippen LogP contribution < -0.4 is 10.9 Å². The van der Waals surface area contributed by atoms with Crippen LogP contribution in [0.15, 0.2) is 10.9 Å². The minimum atomic E-state index is -1.33. The smallest absolute Gasteiger partial charge is 0.329 e. The fourth-order valence-electron chi connectivity index (χ4n) is 4.40. The predicted molar refractivity (Wildman–Crippen MR) is 125 cm³/mol. The van der Waals surface area contributed by atoms with E-state index >= 15 is 0 Å². The monoisotopic (exact) mass is 448 g/mol. The van der Waals surface area contributed by atoms with Crippen LogP contribution in [0.5, 0.6) is 0 Å². The van der Waals surface area contributed by atoms with E-state index in [-0.39, 0.29) is 16.5 Å². The highest BCUT2D eigenvalue weighted by Gasteiger charge is 2.45. The SMILES string of the molecule is CCc1cc(C(=O)NC2(C(=O)O)CCC(C)(C)CC2)c(=O)n(CCOC)c1CCC(C)C. The van der Waals surface area contributed by atoms with Crippen LogP contribution in [0.25, 0.3) is 0 Å². The number of nitrogens with zero attached hydrogens (tertiary/aromatic N) is 1. The third-order valence-electron chi connectivity index (χ3n) is 6.81. The summed E-state index contributed by atoms with van der Waals surface area (Å²) < 4.78 is 6.86. The summed E-state index contributed by atoms with van der Waals surface area (Å²) in [5.41, 5.74) is 0.222. The molecule has 1 aromatic rings. The number of aryl methyl sites for hydroxylation is 1. The van der Waals surface area contributed by atoms with Crippen LogP contribution in [0.1, 0.15) is 88.3 Å². The number of nitrogens with one attached hydrogen (secondary N) is 1. The van der Waals surface area contributed by atoms with Gasteiger partial charge in [-0.05, 0) is 67.9 Å². The van der Waals surface area contributed by atoms with E-state index in [1.165, 1.54) is 0 Å². The van der Waals surface area contributed by atoms with E-state index in [9.17, 15) is 19.5 Å². The van der Waals surface area contributed by atoms with E-state index in [1.54, 1.807) is 17.7 Å². The number of aromatic nitrogens is 1. The number of hydrogen-bond acceptors (Lipinski definition) is 4. The van der Waals surface area contributed by atoms with E-state index in [4.69, 9.17) is 4.74 Å². The summed E-state index contributed by atoms with van der Waals surface area (Å²) in [5, 5.41) is 12.7. The summed E-state index contributed by atoms with van der Waals surface area (Å²) in [6.07, 6.45) is 4.47. The van der Waals surface area contributed by atoms with Gasteiger partial charge in [-0.3, -0.25) is 9.59 Å². The maximum Gasteiger partial charge on any atom is 0.329 e. The highest BCUT2D eigenvalue weighted by atomic mass is 16.5. The molecule has 7 nitrogen and oxygen atoms in total. The molecule has 180 valence electrons. The second-order valence-electron chi connectivity index (χ2n) is 10.3. The number of carbonyl (C=O) groups is 2. The number of carboxylic acid groups (broad SMARTS) is 1. The van der Waals surface area contributed by atoms with Gasteiger partial charge in [0.2, 0.25) is 0 Å². The van der Waals surface area contributed by atoms with Gasteiger partial charge in [-0.1, -0.05) is 34.6 Å². The molecule has 0 atom stereocenters. The minimum Gasteiger partial charge on any atom is -0.480 e. The normalized spacial score (nSPS) is 17.3. The lowest BCUT2D eigenvalue weighted by atomic mass is 9.69. The first-order valence-electron chi connectivity index (χ1n) is 11.8. The summed E-state index contributed by atoms with van der Waals surface area (Å²) in [7, 11) is 1.58. The van der Waals surface area contributed by atoms with Gasteiger partial charge in [-0.2, -0.15) is 0 Å². The van der Waals surface area contributed by atoms with Crippen molar-refractivity contribution < 1.29 is 19.4 Å². The molecular formula is C25H40N2O5. The zero-order valence-corrected chi connectivity index (χ0v) is 20.5. The summed E-state index contributed by atoms with van der Waals surface area (Å²) in [4.78, 5) is 38.8. The third kappa shape index (κ3) is 6.00. The van der Waals surface area contributed by atoms with Crippen molar-refractivity contribution in [1.29, 1.82) is 0 Å². The van der Waals surface area contributed by atoms with Crippen molar-refractivity contribution in [3.05, 3.63) is 33.2 Å². The fraction of sp³-hybridized carbons (Fsp3) is 0.720. The molecule has 1 aliphatic rings. The van der Waals surface area contributed by atoms with Crippen LogP contribution >= 0.6 is 0 Å². The molecule has 0 spiro atoms. The molecule has 7 heteroatoms. The molecule has 1 aromatic heterocycles. The standard InChI is InChI=1S/C25H40N2O5/c1-7-18-16-19(22(29)27(14-15-32-6)20(18)9-8-17(2)3)21(28)26-25(23(30)31)12-10-24(4,5)11-13-25/h16-17H,7-15H2,1-6H3,(H,26,28)(H,30,31). The first kappa shape index (κ1) is 26.1. The Bertz CT molecular complexity index is 875. The molecule has 1 aliphatic carbocycles. The van der Waals surface area contributed by atoms with Crippen LogP contribution in [-0.4, -0.2) is 40.8 Å². The van der Waals surface area contributed by atoms with E-state index in [0.29, 0.717) is 51.2 Å². The predicted octanol–water partition coefficient (Wildman–Crippen LogP) is 3.80. The van der Waals surface area contributed by atoms with Gasteiger partial charge in [-0.25, -0.2) is 4.79 Å². The molecular weight excluding hydrogens is 408 g/mol. The number of pyridine rings is 1. The van der Waals surface area contributed by atoms with Crippen LogP contribution in [-0.2, 0) is 28.9 Å². The average Bonchev–Trinajstić information content (AvgIpc) is 2.72. The molecule has 0 unspecified atom stereocenters. The molecule has 2 rings (SSSR count). The highest BCUT2D eigenvalue weighted by molar-refractivity contribution is 5.97. The second-order valence-corrected chi connectivity index (χ2v) is 10.3. The van der Waals surface area contributed by atoms with Gasteiger partial charge in [0.15, 0.2) is 0 Å². The molecule has 0 radical (unpaired) electrons. The number of ether oxygens (including phenoxy) is 1. The molecule has 1 fully saturated rings. The van der Waals surface area contributed by atoms with Crippen molar-refractivity contribution in [3.63, 3.8) is 0 Å². The van der Waals surface area contributed by atoms with Gasteiger partial charge in [0.1, 0.15) is 11.1 Å². The Hall–Kier alpha value is -2.15.